The third kappa shape index (κ3) is 3.86. The third-order valence-corrected chi connectivity index (χ3v) is 3.03. The molecule has 116 valence electrons. The lowest BCUT2D eigenvalue weighted by Gasteiger charge is -2.30. The van der Waals surface area contributed by atoms with Crippen molar-refractivity contribution in [2.24, 2.45) is 0 Å². The number of halogens is 3. The Kier molecular flexibility index (Phi) is 3.86. The van der Waals surface area contributed by atoms with Gasteiger partial charge in [-0.2, -0.15) is 13.2 Å². The van der Waals surface area contributed by atoms with Crippen molar-refractivity contribution in [1.82, 2.24) is 9.88 Å². The van der Waals surface area contributed by atoms with Gasteiger partial charge in [0.25, 0.3) is 0 Å². The van der Waals surface area contributed by atoms with Crippen molar-refractivity contribution in [2.45, 2.75) is 45.5 Å². The number of amides is 1. The number of alkyl halides is 3. The molecule has 1 aliphatic rings. The largest absolute Gasteiger partial charge is 0.444 e. The van der Waals surface area contributed by atoms with Gasteiger partial charge in [-0.25, -0.2) is 4.79 Å². The minimum absolute atomic E-state index is 0.169. The van der Waals surface area contributed by atoms with E-state index in [0.717, 1.165) is 12.3 Å². The van der Waals surface area contributed by atoms with Crippen molar-refractivity contribution in [3.8, 4) is 0 Å². The van der Waals surface area contributed by atoms with Crippen LogP contribution in [0.4, 0.5) is 18.0 Å². The molecule has 1 aliphatic heterocycles. The molecule has 0 radical (unpaired) electrons. The first-order chi connectivity index (χ1) is 9.56. The molecule has 0 atom stereocenters. The van der Waals surface area contributed by atoms with E-state index in [1.54, 1.807) is 20.8 Å². The van der Waals surface area contributed by atoms with Crippen LogP contribution in [-0.4, -0.2) is 28.1 Å². The highest BCUT2D eigenvalue weighted by molar-refractivity contribution is 5.68. The van der Waals surface area contributed by atoms with E-state index in [1.165, 1.54) is 4.90 Å². The van der Waals surface area contributed by atoms with E-state index in [2.05, 4.69) is 4.98 Å². The van der Waals surface area contributed by atoms with Crippen molar-refractivity contribution in [2.75, 3.05) is 6.54 Å². The Hall–Kier alpha value is -1.79. The second-order valence-electron chi connectivity index (χ2n) is 5.98. The van der Waals surface area contributed by atoms with Crippen LogP contribution in [0.15, 0.2) is 12.3 Å². The minimum atomic E-state index is -4.40. The van der Waals surface area contributed by atoms with Crippen LogP contribution in [0.25, 0.3) is 0 Å². The first-order valence-electron chi connectivity index (χ1n) is 6.59. The van der Waals surface area contributed by atoms with Crippen LogP contribution in [0.5, 0.6) is 0 Å². The molecule has 1 aromatic heterocycles. The summed E-state index contributed by atoms with van der Waals surface area (Å²) in [4.78, 5) is 17.2. The highest BCUT2D eigenvalue weighted by Gasteiger charge is 2.33. The molecule has 0 spiro atoms. The van der Waals surface area contributed by atoms with Crippen molar-refractivity contribution >= 4 is 6.09 Å². The Bertz CT molecular complexity index is 550. The van der Waals surface area contributed by atoms with E-state index in [4.69, 9.17) is 4.74 Å². The maximum Gasteiger partial charge on any atom is 0.417 e. The van der Waals surface area contributed by atoms with Crippen molar-refractivity contribution in [3.63, 3.8) is 0 Å². The molecule has 0 N–H and O–H groups in total. The molecule has 2 heterocycles. The summed E-state index contributed by atoms with van der Waals surface area (Å²) in [6, 6.07) is 1.11. The Morgan fingerprint density at radius 2 is 2.00 bits per heavy atom. The van der Waals surface area contributed by atoms with E-state index >= 15 is 0 Å². The van der Waals surface area contributed by atoms with Gasteiger partial charge in [0.1, 0.15) is 5.60 Å². The van der Waals surface area contributed by atoms with Gasteiger partial charge in [-0.3, -0.25) is 4.98 Å². The van der Waals surface area contributed by atoms with Gasteiger partial charge in [0.15, 0.2) is 0 Å². The SMILES string of the molecule is CC(C)(C)OC(=O)N1CCc2cc(C(F)(F)F)cnc2C1. The minimum Gasteiger partial charge on any atom is -0.444 e. The fourth-order valence-corrected chi connectivity index (χ4v) is 2.05. The van der Waals surface area contributed by atoms with Crippen LogP contribution in [0.2, 0.25) is 0 Å². The van der Waals surface area contributed by atoms with E-state index < -0.39 is 23.4 Å². The number of ether oxygens (including phenoxy) is 1. The average molecular weight is 302 g/mol. The molecule has 4 nitrogen and oxygen atoms in total. The summed E-state index contributed by atoms with van der Waals surface area (Å²) >= 11 is 0. The smallest absolute Gasteiger partial charge is 0.417 e. The highest BCUT2D eigenvalue weighted by Crippen LogP contribution is 2.31. The van der Waals surface area contributed by atoms with Crippen LogP contribution >= 0.6 is 0 Å². The van der Waals surface area contributed by atoms with Gasteiger partial charge in [0.2, 0.25) is 0 Å². The van der Waals surface area contributed by atoms with Gasteiger partial charge in [0.05, 0.1) is 17.8 Å². The lowest BCUT2D eigenvalue weighted by molar-refractivity contribution is -0.137. The zero-order valence-corrected chi connectivity index (χ0v) is 12.1. The van der Waals surface area contributed by atoms with Crippen LogP contribution < -0.4 is 0 Å². The summed E-state index contributed by atoms with van der Waals surface area (Å²) in [5.74, 6) is 0. The molecule has 0 fully saturated rings. The summed E-state index contributed by atoms with van der Waals surface area (Å²) in [6.07, 6.45) is -3.73. The standard InChI is InChI=1S/C14H17F3N2O2/c1-13(2,3)21-12(20)19-5-4-9-6-10(14(15,16)17)7-18-11(9)8-19/h6-7H,4-5,8H2,1-3H3. The lowest BCUT2D eigenvalue weighted by Crippen LogP contribution is -2.40. The van der Waals surface area contributed by atoms with Crippen LogP contribution in [-0.2, 0) is 23.9 Å². The van der Waals surface area contributed by atoms with E-state index in [9.17, 15) is 18.0 Å². The molecule has 7 heteroatoms. The van der Waals surface area contributed by atoms with E-state index in [0.29, 0.717) is 24.2 Å². The van der Waals surface area contributed by atoms with Crippen molar-refractivity contribution in [1.29, 1.82) is 0 Å². The molecule has 0 bridgehead atoms. The number of nitrogens with zero attached hydrogens (tertiary/aromatic N) is 2. The first kappa shape index (κ1) is 15.6. The molecular formula is C14H17F3N2O2. The molecular weight excluding hydrogens is 285 g/mol. The molecule has 21 heavy (non-hydrogen) atoms. The number of hydrogen-bond donors (Lipinski definition) is 0. The molecule has 0 saturated heterocycles. The predicted octanol–water partition coefficient (Wildman–Crippen LogP) is 3.39. The maximum atomic E-state index is 12.6. The Morgan fingerprint density at radius 3 is 2.57 bits per heavy atom. The number of hydrogen-bond acceptors (Lipinski definition) is 3. The van der Waals surface area contributed by atoms with Gasteiger partial charge in [-0.1, -0.05) is 0 Å². The number of aromatic nitrogens is 1. The van der Waals surface area contributed by atoms with Crippen LogP contribution in [0.3, 0.4) is 0 Å². The second kappa shape index (κ2) is 5.20. The summed E-state index contributed by atoms with van der Waals surface area (Å²) < 4.78 is 43.1. The number of carbonyl (C=O) groups excluding carboxylic acids is 1. The quantitative estimate of drug-likeness (QED) is 0.737. The lowest BCUT2D eigenvalue weighted by atomic mass is 10.0. The predicted molar refractivity (Wildman–Crippen MR) is 69.6 cm³/mol. The Balaban J connectivity index is 2.13. The van der Waals surface area contributed by atoms with Gasteiger partial charge < -0.3 is 9.64 Å². The normalized spacial score (nSPS) is 15.6. The Morgan fingerprint density at radius 1 is 1.33 bits per heavy atom. The average Bonchev–Trinajstić information content (AvgIpc) is 2.34. The first-order valence-corrected chi connectivity index (χ1v) is 6.59. The highest BCUT2D eigenvalue weighted by atomic mass is 19.4. The molecule has 0 unspecified atom stereocenters. The summed E-state index contributed by atoms with van der Waals surface area (Å²) in [5, 5.41) is 0. The molecule has 0 saturated carbocycles. The van der Waals surface area contributed by atoms with Gasteiger partial charge in [-0.05, 0) is 38.8 Å². The summed E-state index contributed by atoms with van der Waals surface area (Å²) in [7, 11) is 0. The fourth-order valence-electron chi connectivity index (χ4n) is 2.05. The Labute approximate surface area is 120 Å². The third-order valence-electron chi connectivity index (χ3n) is 3.03. The number of pyridine rings is 1. The van der Waals surface area contributed by atoms with Crippen LogP contribution in [0, 0.1) is 0 Å². The summed E-state index contributed by atoms with van der Waals surface area (Å²) in [5.41, 5.74) is -0.345. The van der Waals surface area contributed by atoms with Crippen LogP contribution in [0.1, 0.15) is 37.6 Å². The molecule has 0 aromatic carbocycles. The van der Waals surface area contributed by atoms with Crippen molar-refractivity contribution < 1.29 is 22.7 Å². The number of rotatable bonds is 0. The maximum absolute atomic E-state index is 12.6. The zero-order chi connectivity index (χ0) is 15.8. The van der Waals surface area contributed by atoms with Gasteiger partial charge >= 0.3 is 12.3 Å². The van der Waals surface area contributed by atoms with Gasteiger partial charge in [-0.15, -0.1) is 0 Å². The van der Waals surface area contributed by atoms with Crippen molar-refractivity contribution in [3.05, 3.63) is 29.1 Å². The zero-order valence-electron chi connectivity index (χ0n) is 12.1. The molecule has 1 aromatic rings. The molecule has 2 rings (SSSR count). The molecule has 0 aliphatic carbocycles. The number of carbonyl (C=O) groups is 1. The number of fused-ring (bicyclic) bond motifs is 1. The second-order valence-corrected chi connectivity index (χ2v) is 5.98. The fraction of sp³-hybridized carbons (Fsp3) is 0.571. The van der Waals surface area contributed by atoms with E-state index in [1.807, 2.05) is 0 Å². The van der Waals surface area contributed by atoms with Gasteiger partial charge in [0, 0.05) is 12.7 Å². The molecule has 1 amide bonds. The topological polar surface area (TPSA) is 42.4 Å². The summed E-state index contributed by atoms with van der Waals surface area (Å²) in [6.45, 7) is 5.78. The van der Waals surface area contributed by atoms with E-state index in [-0.39, 0.29) is 6.54 Å². The monoisotopic (exact) mass is 302 g/mol.